The Balaban J connectivity index is 1.33. The number of rotatable bonds is 13. The molecule has 0 aliphatic carbocycles. The number of aromatic nitrogens is 2. The van der Waals surface area contributed by atoms with Crippen molar-refractivity contribution in [1.29, 1.82) is 0 Å². The molecule has 0 saturated heterocycles. The molecule has 0 amide bonds. The highest BCUT2D eigenvalue weighted by Crippen LogP contribution is 2.41. The van der Waals surface area contributed by atoms with Crippen molar-refractivity contribution >= 4 is 21.8 Å². The van der Waals surface area contributed by atoms with Gasteiger partial charge in [-0.1, -0.05) is 115 Å². The predicted molar refractivity (Wildman–Crippen MR) is 182 cm³/mol. The van der Waals surface area contributed by atoms with E-state index in [9.17, 15) is 17.2 Å². The number of benzene rings is 4. The van der Waals surface area contributed by atoms with Gasteiger partial charge in [0.1, 0.15) is 11.7 Å². The van der Waals surface area contributed by atoms with Crippen molar-refractivity contribution in [2.45, 2.75) is 34.6 Å². The van der Waals surface area contributed by atoms with Crippen LogP contribution in [0.4, 0.5) is 8.78 Å². The normalized spacial score (nSPS) is 12.5. The van der Waals surface area contributed by atoms with Crippen LogP contribution in [0.3, 0.4) is 0 Å². The molecule has 49 heavy (non-hydrogen) atoms. The summed E-state index contributed by atoms with van der Waals surface area (Å²) in [5, 5.41) is 5.03. The Morgan fingerprint density at radius 3 is 2.00 bits per heavy atom. The summed E-state index contributed by atoms with van der Waals surface area (Å²) in [5.74, 6) is -1.86. The van der Waals surface area contributed by atoms with Crippen LogP contribution in [0.1, 0.15) is 29.2 Å². The Hall–Kier alpha value is -4.88. The van der Waals surface area contributed by atoms with E-state index in [0.29, 0.717) is 0 Å². The lowest BCUT2D eigenvalue weighted by Crippen LogP contribution is -2.36. The van der Waals surface area contributed by atoms with E-state index in [1.165, 1.54) is 30.5 Å². The van der Waals surface area contributed by atoms with Crippen LogP contribution < -0.4 is 9.88 Å². The predicted octanol–water partition coefficient (Wildman–Crippen LogP) is 7.73. The van der Waals surface area contributed by atoms with Crippen molar-refractivity contribution in [3.8, 4) is 17.1 Å². The molecular weight excluding hydrogens is 669 g/mol. The molecule has 2 heterocycles. The van der Waals surface area contributed by atoms with E-state index in [1.54, 1.807) is 0 Å². The van der Waals surface area contributed by atoms with E-state index in [1.807, 2.05) is 97.9 Å². The average Bonchev–Trinajstić information content (AvgIpc) is 3.62. The van der Waals surface area contributed by atoms with Gasteiger partial charge in [-0.05, 0) is 35.7 Å². The fourth-order valence-corrected chi connectivity index (χ4v) is 6.92. The highest BCUT2D eigenvalue weighted by molar-refractivity contribution is 7.98. The van der Waals surface area contributed by atoms with Gasteiger partial charge in [-0.3, -0.25) is 0 Å². The van der Waals surface area contributed by atoms with Crippen LogP contribution in [0.15, 0.2) is 142 Å². The van der Waals surface area contributed by atoms with Gasteiger partial charge >= 0.3 is 0 Å². The standard InChI is InChI=1S/C37H31F2N3O5S2/c1-25(23-46-37(27-13-5-2-6-14-27,28-15-7-3-8-16-28)29-17-9-4-10-18-29)47-33-22-32(30-20-21-45-35(30)49(40,43)44)41-36(42-33)48-24-26-12-11-19-31(38)34(26)39/h2-22,25H,23-24H2,1H3,(H2,40,43,44)/t25-/m1/s1. The molecule has 250 valence electrons. The highest BCUT2D eigenvalue weighted by atomic mass is 32.2. The lowest BCUT2D eigenvalue weighted by molar-refractivity contribution is -0.0267. The molecular formula is C37H31F2N3O5S2. The number of thioether (sulfide) groups is 1. The summed E-state index contributed by atoms with van der Waals surface area (Å²) in [6.45, 7) is 1.92. The van der Waals surface area contributed by atoms with Gasteiger partial charge < -0.3 is 13.9 Å². The van der Waals surface area contributed by atoms with Crippen molar-refractivity contribution in [3.63, 3.8) is 0 Å². The Bertz CT molecular complexity index is 2040. The second-order valence-corrected chi connectivity index (χ2v) is 13.5. The Labute approximate surface area is 287 Å². The van der Waals surface area contributed by atoms with Gasteiger partial charge in [0.05, 0.1) is 24.1 Å². The number of sulfonamides is 1. The average molecular weight is 700 g/mol. The third-order valence-corrected chi connectivity index (χ3v) is 9.36. The minimum absolute atomic E-state index is 0.00761. The lowest BCUT2D eigenvalue weighted by atomic mass is 9.80. The van der Waals surface area contributed by atoms with Crippen LogP contribution in [0.2, 0.25) is 0 Å². The maximum absolute atomic E-state index is 14.4. The van der Waals surface area contributed by atoms with Gasteiger partial charge in [0.2, 0.25) is 11.0 Å². The SMILES string of the molecule is C[C@H](COC(c1ccccc1)(c1ccccc1)c1ccccc1)Oc1cc(-c2ccoc2S(N)(=O)=O)nc(SCc2cccc(F)c2F)n1. The number of halogens is 2. The highest BCUT2D eigenvalue weighted by Gasteiger charge is 2.38. The van der Waals surface area contributed by atoms with Crippen LogP contribution >= 0.6 is 11.8 Å². The smallest absolute Gasteiger partial charge is 0.272 e. The Kier molecular flexibility index (Phi) is 10.2. The van der Waals surface area contributed by atoms with Gasteiger partial charge in [-0.2, -0.15) is 4.98 Å². The first-order valence-electron chi connectivity index (χ1n) is 15.2. The van der Waals surface area contributed by atoms with E-state index in [4.69, 9.17) is 19.0 Å². The third-order valence-electron chi connectivity index (χ3n) is 7.63. The molecule has 0 aliphatic rings. The van der Waals surface area contributed by atoms with E-state index in [-0.39, 0.29) is 40.2 Å². The second kappa shape index (κ2) is 14.7. The van der Waals surface area contributed by atoms with E-state index < -0.39 is 38.5 Å². The van der Waals surface area contributed by atoms with Crippen molar-refractivity contribution in [2.24, 2.45) is 5.14 Å². The molecule has 2 aromatic heterocycles. The van der Waals surface area contributed by atoms with Crippen molar-refractivity contribution in [1.82, 2.24) is 9.97 Å². The fourth-order valence-electron chi connectivity index (χ4n) is 5.43. The molecule has 1 atom stereocenters. The number of hydrogen-bond acceptors (Lipinski definition) is 8. The van der Waals surface area contributed by atoms with E-state index in [2.05, 4.69) is 9.97 Å². The molecule has 0 radical (unpaired) electrons. The van der Waals surface area contributed by atoms with Crippen LogP contribution in [0, 0.1) is 11.6 Å². The Morgan fingerprint density at radius 2 is 1.43 bits per heavy atom. The molecule has 8 nitrogen and oxygen atoms in total. The minimum Gasteiger partial charge on any atom is -0.472 e. The van der Waals surface area contributed by atoms with E-state index >= 15 is 0 Å². The fraction of sp³-hybridized carbons (Fsp3) is 0.135. The minimum atomic E-state index is -4.24. The molecule has 0 aliphatic heterocycles. The van der Waals surface area contributed by atoms with E-state index in [0.717, 1.165) is 34.5 Å². The molecule has 0 spiro atoms. The van der Waals surface area contributed by atoms with Crippen LogP contribution in [-0.4, -0.2) is 31.1 Å². The molecule has 0 bridgehead atoms. The van der Waals surface area contributed by atoms with Gasteiger partial charge in [-0.25, -0.2) is 27.3 Å². The maximum atomic E-state index is 14.4. The number of primary sulfonamides is 1. The van der Waals surface area contributed by atoms with Gasteiger partial charge in [0.25, 0.3) is 10.0 Å². The van der Waals surface area contributed by atoms with Crippen LogP contribution in [0.25, 0.3) is 11.3 Å². The Morgan fingerprint density at radius 1 is 0.837 bits per heavy atom. The monoisotopic (exact) mass is 699 g/mol. The van der Waals surface area contributed by atoms with Crippen molar-refractivity contribution < 1.29 is 31.1 Å². The summed E-state index contributed by atoms with van der Waals surface area (Å²) in [4.78, 5) is 8.98. The summed E-state index contributed by atoms with van der Waals surface area (Å²) < 4.78 is 71.2. The number of nitrogens with two attached hydrogens (primary N) is 1. The molecule has 6 aromatic rings. The summed E-state index contributed by atoms with van der Waals surface area (Å²) in [7, 11) is -4.24. The first kappa shape index (κ1) is 34.0. The quantitative estimate of drug-likeness (QED) is 0.0740. The summed E-state index contributed by atoms with van der Waals surface area (Å²) in [6, 6.07) is 36.5. The molecule has 6 rings (SSSR count). The summed E-state index contributed by atoms with van der Waals surface area (Å²) in [6.07, 6.45) is 0.596. The maximum Gasteiger partial charge on any atom is 0.272 e. The first-order valence-corrected chi connectivity index (χ1v) is 17.7. The summed E-state index contributed by atoms with van der Waals surface area (Å²) in [5.41, 5.74) is 2.11. The number of hydrogen-bond donors (Lipinski definition) is 1. The van der Waals surface area contributed by atoms with Crippen molar-refractivity contribution in [2.75, 3.05) is 6.61 Å². The number of nitrogens with zero attached hydrogens (tertiary/aromatic N) is 2. The van der Waals surface area contributed by atoms with Crippen LogP contribution in [0.5, 0.6) is 5.88 Å². The summed E-state index contributed by atoms with van der Waals surface area (Å²) >= 11 is 1.02. The lowest BCUT2D eigenvalue weighted by Gasteiger charge is -2.36. The topological polar surface area (TPSA) is 118 Å². The molecule has 0 unspecified atom stereocenters. The van der Waals surface area contributed by atoms with Crippen molar-refractivity contribution in [3.05, 3.63) is 161 Å². The molecule has 0 saturated carbocycles. The molecule has 4 aromatic carbocycles. The largest absolute Gasteiger partial charge is 0.472 e. The third kappa shape index (κ3) is 7.57. The zero-order valence-electron chi connectivity index (χ0n) is 26.2. The zero-order valence-corrected chi connectivity index (χ0v) is 27.8. The first-order chi connectivity index (χ1) is 23.6. The van der Waals surface area contributed by atoms with Gasteiger partial charge in [0, 0.05) is 17.4 Å². The second-order valence-electron chi connectivity index (χ2n) is 11.1. The van der Waals surface area contributed by atoms with Gasteiger partial charge in [0.15, 0.2) is 16.8 Å². The molecule has 0 fully saturated rings. The number of furan rings is 1. The zero-order chi connectivity index (χ0) is 34.4. The number of ether oxygens (including phenoxy) is 2. The molecule has 12 heteroatoms. The molecule has 2 N–H and O–H groups in total. The van der Waals surface area contributed by atoms with Crippen LogP contribution in [-0.2, 0) is 26.1 Å². The van der Waals surface area contributed by atoms with Gasteiger partial charge in [-0.15, -0.1) is 0 Å².